The van der Waals surface area contributed by atoms with Crippen LogP contribution in [0, 0.1) is 23.7 Å². The van der Waals surface area contributed by atoms with Gasteiger partial charge in [-0.1, -0.05) is 71.1 Å². The van der Waals surface area contributed by atoms with Gasteiger partial charge in [0.25, 0.3) is 0 Å². The molecule has 3 heteroatoms. The number of carbonyl (C=O) groups excluding carboxylic acids is 1. The van der Waals surface area contributed by atoms with Gasteiger partial charge in [-0.15, -0.1) is 0 Å². The van der Waals surface area contributed by atoms with Crippen LogP contribution in [0.2, 0.25) is 0 Å². The predicted octanol–water partition coefficient (Wildman–Crippen LogP) is 5.47. The van der Waals surface area contributed by atoms with Gasteiger partial charge in [0.1, 0.15) is 0 Å². The maximum atomic E-state index is 11.8. The Hall–Kier alpha value is -0.570. The lowest BCUT2D eigenvalue weighted by Gasteiger charge is -2.49. The monoisotopic (exact) mass is 363 g/mol. The van der Waals surface area contributed by atoms with Gasteiger partial charge in [0.05, 0.1) is 6.10 Å². The Kier molecular flexibility index (Phi) is 7.84. The van der Waals surface area contributed by atoms with Crippen LogP contribution in [-0.4, -0.2) is 24.7 Å². The molecule has 0 bridgehead atoms. The SMILES string of the molecule is CCCOC1C(C2CCCCC2)CC(NC(C)=O)CC1C1CCCCC1. The van der Waals surface area contributed by atoms with Crippen LogP contribution in [0.3, 0.4) is 0 Å². The van der Waals surface area contributed by atoms with Gasteiger partial charge in [-0.2, -0.15) is 0 Å². The minimum atomic E-state index is 0.146. The molecule has 1 amide bonds. The van der Waals surface area contributed by atoms with Crippen LogP contribution in [0.5, 0.6) is 0 Å². The molecule has 0 radical (unpaired) electrons. The first-order valence-corrected chi connectivity index (χ1v) is 11.6. The molecule has 0 aromatic carbocycles. The number of nitrogens with one attached hydrogen (secondary N) is 1. The van der Waals surface area contributed by atoms with Crippen LogP contribution in [0.1, 0.15) is 97.3 Å². The molecule has 3 nitrogen and oxygen atoms in total. The van der Waals surface area contributed by atoms with Crippen molar-refractivity contribution < 1.29 is 9.53 Å². The Balaban J connectivity index is 1.79. The number of amides is 1. The van der Waals surface area contributed by atoms with Crippen LogP contribution in [-0.2, 0) is 9.53 Å². The molecule has 3 saturated carbocycles. The summed E-state index contributed by atoms with van der Waals surface area (Å²) < 4.78 is 6.60. The Labute approximate surface area is 161 Å². The highest BCUT2D eigenvalue weighted by molar-refractivity contribution is 5.73. The van der Waals surface area contributed by atoms with Gasteiger partial charge in [0.2, 0.25) is 5.91 Å². The lowest BCUT2D eigenvalue weighted by molar-refractivity contribution is -0.123. The fourth-order valence-electron chi connectivity index (χ4n) is 6.29. The van der Waals surface area contributed by atoms with Gasteiger partial charge >= 0.3 is 0 Å². The normalized spacial score (nSPS) is 34.5. The van der Waals surface area contributed by atoms with Crippen LogP contribution in [0.15, 0.2) is 0 Å². The van der Waals surface area contributed by atoms with E-state index in [9.17, 15) is 4.79 Å². The van der Waals surface area contributed by atoms with Crippen molar-refractivity contribution in [3.05, 3.63) is 0 Å². The second kappa shape index (κ2) is 10.1. The number of hydrogen-bond acceptors (Lipinski definition) is 2. The highest BCUT2D eigenvalue weighted by Gasteiger charge is 2.45. The summed E-state index contributed by atoms with van der Waals surface area (Å²) in [4.78, 5) is 11.8. The number of hydrogen-bond donors (Lipinski definition) is 1. The minimum absolute atomic E-state index is 0.146. The van der Waals surface area contributed by atoms with Crippen molar-refractivity contribution >= 4 is 5.91 Å². The summed E-state index contributed by atoms with van der Waals surface area (Å²) in [7, 11) is 0. The topological polar surface area (TPSA) is 38.3 Å². The molecule has 0 spiro atoms. The lowest BCUT2D eigenvalue weighted by atomic mass is 9.62. The molecule has 0 aromatic rings. The van der Waals surface area contributed by atoms with Gasteiger partial charge in [-0.25, -0.2) is 0 Å². The van der Waals surface area contributed by atoms with Crippen LogP contribution in [0.25, 0.3) is 0 Å². The van der Waals surface area contributed by atoms with E-state index in [1.54, 1.807) is 6.92 Å². The average Bonchev–Trinajstić information content (AvgIpc) is 2.67. The van der Waals surface area contributed by atoms with Gasteiger partial charge in [-0.3, -0.25) is 4.79 Å². The average molecular weight is 364 g/mol. The van der Waals surface area contributed by atoms with Crippen molar-refractivity contribution in [1.82, 2.24) is 5.32 Å². The molecular weight excluding hydrogens is 322 g/mol. The number of rotatable bonds is 6. The molecule has 0 aliphatic heterocycles. The molecule has 0 heterocycles. The van der Waals surface area contributed by atoms with Crippen molar-refractivity contribution in [1.29, 1.82) is 0 Å². The van der Waals surface area contributed by atoms with Gasteiger partial charge in [0.15, 0.2) is 0 Å². The van der Waals surface area contributed by atoms with E-state index in [0.717, 1.165) is 37.7 Å². The molecule has 3 rings (SSSR count). The quantitative estimate of drug-likeness (QED) is 0.679. The highest BCUT2D eigenvalue weighted by Crippen LogP contribution is 2.47. The van der Waals surface area contributed by atoms with E-state index in [1.165, 1.54) is 64.2 Å². The summed E-state index contributed by atoms with van der Waals surface area (Å²) in [5.74, 6) is 3.08. The second-order valence-corrected chi connectivity index (χ2v) is 9.33. The third kappa shape index (κ3) is 5.24. The van der Waals surface area contributed by atoms with Crippen LogP contribution >= 0.6 is 0 Å². The largest absolute Gasteiger partial charge is 0.378 e. The fraction of sp³-hybridized carbons (Fsp3) is 0.957. The van der Waals surface area contributed by atoms with Crippen LogP contribution in [0.4, 0.5) is 0 Å². The first-order valence-electron chi connectivity index (χ1n) is 11.6. The smallest absolute Gasteiger partial charge is 0.217 e. The van der Waals surface area contributed by atoms with Gasteiger partial charge in [-0.05, 0) is 42.9 Å². The zero-order chi connectivity index (χ0) is 18.4. The predicted molar refractivity (Wildman–Crippen MR) is 107 cm³/mol. The Bertz CT molecular complexity index is 398. The molecule has 0 saturated heterocycles. The Morgan fingerprint density at radius 1 is 0.885 bits per heavy atom. The van der Waals surface area contributed by atoms with Crippen molar-refractivity contribution in [2.45, 2.75) is 109 Å². The molecule has 26 heavy (non-hydrogen) atoms. The van der Waals surface area contributed by atoms with E-state index in [2.05, 4.69) is 12.2 Å². The highest BCUT2D eigenvalue weighted by atomic mass is 16.5. The molecule has 3 aliphatic carbocycles. The molecule has 150 valence electrons. The number of ether oxygens (including phenoxy) is 1. The summed E-state index contributed by atoms with van der Waals surface area (Å²) in [6.45, 7) is 4.82. The van der Waals surface area contributed by atoms with E-state index in [4.69, 9.17) is 4.74 Å². The van der Waals surface area contributed by atoms with Gasteiger partial charge in [0, 0.05) is 19.6 Å². The molecular formula is C23H41NO2. The molecule has 3 fully saturated rings. The van der Waals surface area contributed by atoms with Crippen molar-refractivity contribution in [2.24, 2.45) is 23.7 Å². The van der Waals surface area contributed by atoms with E-state index >= 15 is 0 Å². The summed E-state index contributed by atoms with van der Waals surface area (Å²) in [6, 6.07) is 0.368. The van der Waals surface area contributed by atoms with Crippen molar-refractivity contribution in [2.75, 3.05) is 6.61 Å². The fourth-order valence-corrected chi connectivity index (χ4v) is 6.29. The standard InChI is InChI=1S/C23H41NO2/c1-3-14-26-23-21(18-10-6-4-7-11-18)15-20(24-17(2)25)16-22(23)19-12-8-5-9-13-19/h18-23H,3-16H2,1-2H3,(H,24,25). The summed E-state index contributed by atoms with van der Waals surface area (Å²) in [5, 5.41) is 3.30. The molecule has 2 atom stereocenters. The first-order chi connectivity index (χ1) is 12.7. The zero-order valence-electron chi connectivity index (χ0n) is 17.2. The third-order valence-electron chi connectivity index (χ3n) is 7.39. The summed E-state index contributed by atoms with van der Waals surface area (Å²) in [5.41, 5.74) is 0. The van der Waals surface area contributed by atoms with E-state index in [-0.39, 0.29) is 5.91 Å². The summed E-state index contributed by atoms with van der Waals surface area (Å²) in [6.07, 6.45) is 17.7. The lowest BCUT2D eigenvalue weighted by Crippen LogP contribution is -2.51. The molecule has 0 aromatic heterocycles. The van der Waals surface area contributed by atoms with E-state index < -0.39 is 0 Å². The zero-order valence-corrected chi connectivity index (χ0v) is 17.2. The molecule has 2 unspecified atom stereocenters. The maximum absolute atomic E-state index is 11.8. The van der Waals surface area contributed by atoms with E-state index in [1.807, 2.05) is 0 Å². The van der Waals surface area contributed by atoms with Crippen molar-refractivity contribution in [3.8, 4) is 0 Å². The van der Waals surface area contributed by atoms with Crippen LogP contribution < -0.4 is 5.32 Å². The molecule has 1 N–H and O–H groups in total. The minimum Gasteiger partial charge on any atom is -0.378 e. The maximum Gasteiger partial charge on any atom is 0.217 e. The summed E-state index contributed by atoms with van der Waals surface area (Å²) >= 11 is 0. The van der Waals surface area contributed by atoms with Crippen molar-refractivity contribution in [3.63, 3.8) is 0 Å². The third-order valence-corrected chi connectivity index (χ3v) is 7.39. The Morgan fingerprint density at radius 3 is 1.81 bits per heavy atom. The Morgan fingerprint density at radius 2 is 1.38 bits per heavy atom. The first kappa shape index (κ1) is 20.2. The van der Waals surface area contributed by atoms with E-state index in [0.29, 0.717) is 24.0 Å². The number of carbonyl (C=O) groups is 1. The molecule has 3 aliphatic rings. The van der Waals surface area contributed by atoms with Gasteiger partial charge < -0.3 is 10.1 Å². The second-order valence-electron chi connectivity index (χ2n) is 9.33.